The molecule has 0 amide bonds. The minimum Gasteiger partial charge on any atom is -0.281 e. The fourth-order valence-electron chi connectivity index (χ4n) is 5.87. The van der Waals surface area contributed by atoms with Crippen molar-refractivity contribution in [3.63, 3.8) is 0 Å². The number of aryl methyl sites for hydroxylation is 2. The molecule has 2 heterocycles. The van der Waals surface area contributed by atoms with E-state index in [-0.39, 0.29) is 34.6 Å². The molecule has 0 atom stereocenters. The van der Waals surface area contributed by atoms with Gasteiger partial charge in [0.05, 0.1) is 17.8 Å². The van der Waals surface area contributed by atoms with Gasteiger partial charge >= 0.3 is 6.18 Å². The Kier molecular flexibility index (Phi) is 7.80. The highest BCUT2D eigenvalue weighted by molar-refractivity contribution is 5.35. The normalized spacial score (nSPS) is 17.8. The van der Waals surface area contributed by atoms with Crippen LogP contribution in [-0.4, -0.2) is 19.3 Å². The summed E-state index contributed by atoms with van der Waals surface area (Å²) < 4.78 is 85.4. The lowest BCUT2D eigenvalue weighted by molar-refractivity contribution is -0.138. The maximum absolute atomic E-state index is 14.6. The number of imidazole rings is 1. The van der Waals surface area contributed by atoms with E-state index in [9.17, 15) is 31.1 Å². The standard InChI is InChI=1S/C30H28F6N4O/c1-17-6-5-9-24(31)26(17)20-12-10-19(11-13-20)22-14-25(39-15-18(2)37-28(39)27(32)33)38-40(29(22)41)16-21-7-3-4-8-23(21)30(34,35)36/h3-9,14-15,19-20,27H,10-13,16H2,1-2H3. The van der Waals surface area contributed by atoms with Gasteiger partial charge in [-0.3, -0.25) is 9.36 Å². The summed E-state index contributed by atoms with van der Waals surface area (Å²) in [5.74, 6) is -1.25. The van der Waals surface area contributed by atoms with Gasteiger partial charge in [-0.25, -0.2) is 22.8 Å². The molecule has 5 nitrogen and oxygen atoms in total. The minimum absolute atomic E-state index is 0.0351. The molecule has 5 rings (SSSR count). The molecule has 1 aliphatic rings. The summed E-state index contributed by atoms with van der Waals surface area (Å²) in [6, 6.07) is 11.2. The summed E-state index contributed by atoms with van der Waals surface area (Å²) in [6.45, 7) is 2.88. The van der Waals surface area contributed by atoms with Gasteiger partial charge in [-0.05, 0) is 86.3 Å². The van der Waals surface area contributed by atoms with Gasteiger partial charge in [-0.1, -0.05) is 30.3 Å². The molecule has 0 unspecified atom stereocenters. The molecule has 0 bridgehead atoms. The molecule has 1 saturated carbocycles. The summed E-state index contributed by atoms with van der Waals surface area (Å²) in [7, 11) is 0. The second kappa shape index (κ2) is 11.2. The predicted molar refractivity (Wildman–Crippen MR) is 141 cm³/mol. The molecule has 1 fully saturated rings. The largest absolute Gasteiger partial charge is 0.416 e. The number of halogens is 6. The van der Waals surface area contributed by atoms with E-state index in [0.29, 0.717) is 36.9 Å². The van der Waals surface area contributed by atoms with Crippen LogP contribution in [0.5, 0.6) is 0 Å². The molecule has 216 valence electrons. The van der Waals surface area contributed by atoms with Gasteiger partial charge in [0.15, 0.2) is 11.6 Å². The Balaban J connectivity index is 1.56. The first-order chi connectivity index (χ1) is 19.4. The van der Waals surface area contributed by atoms with Crippen LogP contribution >= 0.6 is 0 Å². The first kappa shape index (κ1) is 28.6. The van der Waals surface area contributed by atoms with Crippen molar-refractivity contribution >= 4 is 0 Å². The molecule has 0 aliphatic heterocycles. The monoisotopic (exact) mass is 574 g/mol. The third-order valence-electron chi connectivity index (χ3n) is 7.77. The second-order valence-corrected chi connectivity index (χ2v) is 10.5. The Morgan fingerprint density at radius 3 is 2.32 bits per heavy atom. The van der Waals surface area contributed by atoms with Gasteiger partial charge in [0.2, 0.25) is 0 Å². The highest BCUT2D eigenvalue weighted by Gasteiger charge is 2.34. The maximum Gasteiger partial charge on any atom is 0.416 e. The maximum atomic E-state index is 14.6. The molecule has 41 heavy (non-hydrogen) atoms. The smallest absolute Gasteiger partial charge is 0.281 e. The van der Waals surface area contributed by atoms with Crippen molar-refractivity contribution in [1.82, 2.24) is 19.3 Å². The Labute approximate surface area is 232 Å². The van der Waals surface area contributed by atoms with Gasteiger partial charge in [-0.15, -0.1) is 0 Å². The van der Waals surface area contributed by atoms with Gasteiger partial charge in [0.25, 0.3) is 12.0 Å². The van der Waals surface area contributed by atoms with Crippen molar-refractivity contribution in [2.24, 2.45) is 0 Å². The van der Waals surface area contributed by atoms with E-state index in [1.807, 2.05) is 13.0 Å². The average Bonchev–Trinajstić information content (AvgIpc) is 3.32. The molecule has 1 aliphatic carbocycles. The Hall–Kier alpha value is -3.89. The highest BCUT2D eigenvalue weighted by Crippen LogP contribution is 2.42. The average molecular weight is 575 g/mol. The number of hydrogen-bond donors (Lipinski definition) is 0. The Morgan fingerprint density at radius 1 is 0.976 bits per heavy atom. The molecular weight excluding hydrogens is 546 g/mol. The molecule has 0 spiro atoms. The third-order valence-corrected chi connectivity index (χ3v) is 7.77. The third kappa shape index (κ3) is 5.80. The van der Waals surface area contributed by atoms with E-state index < -0.39 is 36.1 Å². The lowest BCUT2D eigenvalue weighted by atomic mass is 9.75. The van der Waals surface area contributed by atoms with E-state index in [2.05, 4.69) is 10.1 Å². The molecular formula is C30H28F6N4O. The van der Waals surface area contributed by atoms with Crippen LogP contribution in [0.25, 0.3) is 5.82 Å². The molecule has 0 radical (unpaired) electrons. The molecule has 2 aromatic carbocycles. The fraction of sp³-hybridized carbons (Fsp3) is 0.367. The number of nitrogens with zero attached hydrogens (tertiary/aromatic N) is 4. The second-order valence-electron chi connectivity index (χ2n) is 10.5. The topological polar surface area (TPSA) is 52.7 Å². The number of aromatic nitrogens is 4. The summed E-state index contributed by atoms with van der Waals surface area (Å²) in [5, 5.41) is 4.24. The SMILES string of the molecule is Cc1cn(-c2cc(C3CCC(c4c(C)cccc4F)CC3)c(=O)n(Cc3ccccc3C(F)(F)F)n2)c(C(F)F)n1. The van der Waals surface area contributed by atoms with Crippen LogP contribution in [0.3, 0.4) is 0 Å². The summed E-state index contributed by atoms with van der Waals surface area (Å²) in [5.41, 5.74) is 0.393. The first-order valence-corrected chi connectivity index (χ1v) is 13.3. The summed E-state index contributed by atoms with van der Waals surface area (Å²) in [6.07, 6.45) is -4.04. The number of rotatable bonds is 6. The van der Waals surface area contributed by atoms with E-state index in [1.54, 1.807) is 6.07 Å². The van der Waals surface area contributed by atoms with Gasteiger partial charge in [0.1, 0.15) is 5.82 Å². The Morgan fingerprint density at radius 2 is 1.66 bits per heavy atom. The van der Waals surface area contributed by atoms with Crippen molar-refractivity contribution in [2.45, 2.75) is 70.5 Å². The molecule has 0 saturated heterocycles. The highest BCUT2D eigenvalue weighted by atomic mass is 19.4. The van der Waals surface area contributed by atoms with Crippen LogP contribution in [0, 0.1) is 19.7 Å². The van der Waals surface area contributed by atoms with Crippen LogP contribution in [0.15, 0.2) is 59.5 Å². The lowest BCUT2D eigenvalue weighted by Crippen LogP contribution is -2.31. The van der Waals surface area contributed by atoms with Crippen LogP contribution in [0.1, 0.15) is 83.3 Å². The van der Waals surface area contributed by atoms with Gasteiger partial charge in [0, 0.05) is 11.8 Å². The van der Waals surface area contributed by atoms with E-state index in [0.717, 1.165) is 20.9 Å². The van der Waals surface area contributed by atoms with Crippen molar-refractivity contribution < 1.29 is 26.3 Å². The van der Waals surface area contributed by atoms with E-state index in [4.69, 9.17) is 0 Å². The molecule has 4 aromatic rings. The van der Waals surface area contributed by atoms with Crippen molar-refractivity contribution in [2.75, 3.05) is 0 Å². The predicted octanol–water partition coefficient (Wildman–Crippen LogP) is 7.63. The van der Waals surface area contributed by atoms with E-state index >= 15 is 0 Å². The van der Waals surface area contributed by atoms with Crippen molar-refractivity contribution in [3.8, 4) is 5.82 Å². The minimum atomic E-state index is -4.66. The zero-order valence-electron chi connectivity index (χ0n) is 22.4. The molecule has 11 heteroatoms. The van der Waals surface area contributed by atoms with E-state index in [1.165, 1.54) is 43.5 Å². The zero-order chi connectivity index (χ0) is 29.5. The zero-order valence-corrected chi connectivity index (χ0v) is 22.4. The van der Waals surface area contributed by atoms with Crippen LogP contribution in [0.4, 0.5) is 26.3 Å². The van der Waals surface area contributed by atoms with Crippen molar-refractivity contribution in [1.29, 1.82) is 0 Å². The number of benzene rings is 2. The van der Waals surface area contributed by atoms with Gasteiger partial charge in [-0.2, -0.15) is 18.3 Å². The lowest BCUT2D eigenvalue weighted by Gasteiger charge is -2.30. The van der Waals surface area contributed by atoms with Crippen molar-refractivity contribution in [3.05, 3.63) is 110 Å². The first-order valence-electron chi connectivity index (χ1n) is 13.3. The Bertz CT molecular complexity index is 1600. The quantitative estimate of drug-likeness (QED) is 0.223. The summed E-state index contributed by atoms with van der Waals surface area (Å²) in [4.78, 5) is 17.6. The number of alkyl halides is 5. The summed E-state index contributed by atoms with van der Waals surface area (Å²) >= 11 is 0. The number of hydrogen-bond acceptors (Lipinski definition) is 3. The molecule has 2 aromatic heterocycles. The van der Waals surface area contributed by atoms with Crippen LogP contribution in [0.2, 0.25) is 0 Å². The van der Waals surface area contributed by atoms with Crippen LogP contribution < -0.4 is 5.56 Å². The fourth-order valence-corrected chi connectivity index (χ4v) is 5.87. The van der Waals surface area contributed by atoms with Gasteiger partial charge < -0.3 is 0 Å². The van der Waals surface area contributed by atoms with Crippen LogP contribution in [-0.2, 0) is 12.7 Å². The molecule has 0 N–H and O–H groups in total.